The summed E-state index contributed by atoms with van der Waals surface area (Å²) in [4.78, 5) is 10.6. The van der Waals surface area contributed by atoms with Gasteiger partial charge in [0.25, 0.3) is 0 Å². The van der Waals surface area contributed by atoms with Crippen LogP contribution in [0.1, 0.15) is 37.7 Å². The second-order valence-electron chi connectivity index (χ2n) is 5.25. The Bertz CT molecular complexity index is 467. The fraction of sp³-hybridized carbons (Fsp3) is 0.571. The van der Waals surface area contributed by atoms with Gasteiger partial charge in [-0.05, 0) is 25.8 Å². The van der Waals surface area contributed by atoms with Gasteiger partial charge in [0, 0.05) is 5.56 Å². The minimum absolute atomic E-state index is 0.0121. The molecule has 1 fully saturated rings. The molecule has 1 aromatic carbocycles. The van der Waals surface area contributed by atoms with E-state index in [-0.39, 0.29) is 18.0 Å². The van der Waals surface area contributed by atoms with E-state index in [2.05, 4.69) is 0 Å². The summed E-state index contributed by atoms with van der Waals surface area (Å²) in [5.41, 5.74) is -0.282. The summed E-state index contributed by atoms with van der Waals surface area (Å²) in [6.07, 6.45) is 4.50. The maximum Gasteiger partial charge on any atom is 0.313 e. The maximum atomic E-state index is 11.0. The number of hydrogen-bond acceptors (Lipinski definition) is 4. The normalized spacial score (nSPS) is 18.0. The topological polar surface area (TPSA) is 72.6 Å². The average Bonchev–Trinajstić information content (AvgIpc) is 2.37. The summed E-state index contributed by atoms with van der Waals surface area (Å²) < 4.78 is 5.53. The smallest absolute Gasteiger partial charge is 0.313 e. The van der Waals surface area contributed by atoms with Crippen LogP contribution in [-0.2, 0) is 0 Å². The Balaban J connectivity index is 2.11. The van der Waals surface area contributed by atoms with Gasteiger partial charge in [0.1, 0.15) is 6.61 Å². The predicted octanol–water partition coefficient (Wildman–Crippen LogP) is 2.98. The molecule has 5 heteroatoms. The zero-order valence-corrected chi connectivity index (χ0v) is 11.1. The van der Waals surface area contributed by atoms with Crippen molar-refractivity contribution in [1.82, 2.24) is 0 Å². The van der Waals surface area contributed by atoms with E-state index in [1.54, 1.807) is 25.1 Å². The van der Waals surface area contributed by atoms with Crippen molar-refractivity contribution in [2.45, 2.75) is 44.6 Å². The molecule has 0 bridgehead atoms. The fourth-order valence-electron chi connectivity index (χ4n) is 2.55. The third-order valence-corrected chi connectivity index (χ3v) is 3.66. The lowest BCUT2D eigenvalue weighted by molar-refractivity contribution is -0.386. The Morgan fingerprint density at radius 3 is 2.68 bits per heavy atom. The van der Waals surface area contributed by atoms with E-state index in [0.29, 0.717) is 18.4 Å². The summed E-state index contributed by atoms with van der Waals surface area (Å²) in [6, 6.07) is 4.99. The highest BCUT2D eigenvalue weighted by Crippen LogP contribution is 2.33. The van der Waals surface area contributed by atoms with Gasteiger partial charge in [-0.15, -0.1) is 0 Å². The molecule has 0 amide bonds. The maximum absolute atomic E-state index is 11.0. The number of aliphatic hydroxyl groups is 1. The third kappa shape index (κ3) is 3.23. The van der Waals surface area contributed by atoms with E-state index in [1.807, 2.05) is 0 Å². The number of hydrogen-bond donors (Lipinski definition) is 1. The number of rotatable bonds is 4. The minimum atomic E-state index is -0.837. The Morgan fingerprint density at radius 2 is 2.05 bits per heavy atom. The molecule has 5 nitrogen and oxygen atoms in total. The molecule has 1 N–H and O–H groups in total. The van der Waals surface area contributed by atoms with Crippen LogP contribution in [0.4, 0.5) is 5.69 Å². The molecule has 1 aromatic rings. The lowest BCUT2D eigenvalue weighted by Crippen LogP contribution is -2.38. The highest BCUT2D eigenvalue weighted by Gasteiger charge is 2.31. The first-order valence-corrected chi connectivity index (χ1v) is 6.61. The van der Waals surface area contributed by atoms with Gasteiger partial charge in [0.15, 0.2) is 5.75 Å². The zero-order chi connectivity index (χ0) is 13.9. The van der Waals surface area contributed by atoms with Gasteiger partial charge in [-0.25, -0.2) is 0 Å². The fourth-order valence-corrected chi connectivity index (χ4v) is 2.55. The van der Waals surface area contributed by atoms with Crippen LogP contribution in [0.2, 0.25) is 0 Å². The largest absolute Gasteiger partial charge is 0.484 e. The molecule has 0 spiro atoms. The van der Waals surface area contributed by atoms with E-state index in [4.69, 9.17) is 4.74 Å². The Morgan fingerprint density at radius 1 is 1.37 bits per heavy atom. The second kappa shape index (κ2) is 5.57. The van der Waals surface area contributed by atoms with Crippen LogP contribution in [-0.4, -0.2) is 22.2 Å². The van der Waals surface area contributed by atoms with Crippen molar-refractivity contribution in [2.75, 3.05) is 6.61 Å². The summed E-state index contributed by atoms with van der Waals surface area (Å²) >= 11 is 0. The van der Waals surface area contributed by atoms with Crippen LogP contribution in [0.15, 0.2) is 18.2 Å². The van der Waals surface area contributed by atoms with Crippen LogP contribution in [0.25, 0.3) is 0 Å². The molecular weight excluding hydrogens is 246 g/mol. The number of nitro benzene ring substituents is 1. The lowest BCUT2D eigenvalue weighted by atomic mass is 9.85. The van der Waals surface area contributed by atoms with Crippen molar-refractivity contribution in [1.29, 1.82) is 0 Å². The number of aryl methyl sites for hydroxylation is 1. The first kappa shape index (κ1) is 13.8. The average molecular weight is 265 g/mol. The molecule has 0 aliphatic heterocycles. The van der Waals surface area contributed by atoms with E-state index >= 15 is 0 Å². The van der Waals surface area contributed by atoms with E-state index in [9.17, 15) is 15.2 Å². The zero-order valence-electron chi connectivity index (χ0n) is 11.1. The van der Waals surface area contributed by atoms with Crippen LogP contribution in [0, 0.1) is 17.0 Å². The quantitative estimate of drug-likeness (QED) is 0.671. The van der Waals surface area contributed by atoms with Crippen molar-refractivity contribution in [2.24, 2.45) is 0 Å². The lowest BCUT2D eigenvalue weighted by Gasteiger charge is -2.31. The molecule has 1 saturated carbocycles. The molecule has 0 aromatic heterocycles. The second-order valence-corrected chi connectivity index (χ2v) is 5.25. The highest BCUT2D eigenvalue weighted by atomic mass is 16.6. The van der Waals surface area contributed by atoms with Gasteiger partial charge in [-0.3, -0.25) is 10.1 Å². The molecular formula is C14H19NO4. The SMILES string of the molecule is Cc1cccc(OCC2(O)CCCCC2)c1[N+](=O)[O-]. The first-order valence-electron chi connectivity index (χ1n) is 6.61. The molecule has 19 heavy (non-hydrogen) atoms. The van der Waals surface area contributed by atoms with Gasteiger partial charge in [0.05, 0.1) is 10.5 Å². The van der Waals surface area contributed by atoms with Crippen LogP contribution >= 0.6 is 0 Å². The molecule has 0 saturated heterocycles. The summed E-state index contributed by atoms with van der Waals surface area (Å²) in [6.45, 7) is 1.80. The van der Waals surface area contributed by atoms with Gasteiger partial charge in [-0.1, -0.05) is 31.4 Å². The van der Waals surface area contributed by atoms with Gasteiger partial charge in [-0.2, -0.15) is 0 Å². The number of nitrogens with zero attached hydrogens (tertiary/aromatic N) is 1. The highest BCUT2D eigenvalue weighted by molar-refractivity contribution is 5.52. The van der Waals surface area contributed by atoms with E-state index in [1.165, 1.54) is 0 Å². The van der Waals surface area contributed by atoms with Gasteiger partial charge in [0.2, 0.25) is 0 Å². The summed E-state index contributed by atoms with van der Waals surface area (Å²) in [5.74, 6) is 0.240. The van der Waals surface area contributed by atoms with Crippen molar-refractivity contribution < 1.29 is 14.8 Å². The van der Waals surface area contributed by atoms with E-state index < -0.39 is 10.5 Å². The van der Waals surface area contributed by atoms with E-state index in [0.717, 1.165) is 19.3 Å². The van der Waals surface area contributed by atoms with Crippen LogP contribution in [0.3, 0.4) is 0 Å². The monoisotopic (exact) mass is 265 g/mol. The molecule has 0 atom stereocenters. The minimum Gasteiger partial charge on any atom is -0.484 e. The first-order chi connectivity index (χ1) is 9.02. The number of para-hydroxylation sites is 1. The third-order valence-electron chi connectivity index (χ3n) is 3.66. The Labute approximate surface area is 112 Å². The molecule has 0 unspecified atom stereocenters. The molecule has 1 aliphatic carbocycles. The molecule has 0 radical (unpaired) electrons. The van der Waals surface area contributed by atoms with Gasteiger partial charge >= 0.3 is 5.69 Å². The number of benzene rings is 1. The summed E-state index contributed by atoms with van der Waals surface area (Å²) in [7, 11) is 0. The van der Waals surface area contributed by atoms with Crippen molar-refractivity contribution in [3.63, 3.8) is 0 Å². The standard InChI is InChI=1S/C14H19NO4/c1-11-6-5-7-12(13(11)15(17)18)19-10-14(16)8-3-2-4-9-14/h5-7,16H,2-4,8-10H2,1H3. The molecule has 0 heterocycles. The van der Waals surface area contributed by atoms with Gasteiger partial charge < -0.3 is 9.84 Å². The number of ether oxygens (including phenoxy) is 1. The molecule has 2 rings (SSSR count). The predicted molar refractivity (Wildman–Crippen MR) is 71.4 cm³/mol. The van der Waals surface area contributed by atoms with Crippen molar-refractivity contribution in [3.05, 3.63) is 33.9 Å². The number of nitro groups is 1. The van der Waals surface area contributed by atoms with Crippen molar-refractivity contribution in [3.8, 4) is 5.75 Å². The Kier molecular flexibility index (Phi) is 4.04. The van der Waals surface area contributed by atoms with Crippen molar-refractivity contribution >= 4 is 5.69 Å². The van der Waals surface area contributed by atoms with Crippen LogP contribution < -0.4 is 4.74 Å². The Hall–Kier alpha value is -1.62. The summed E-state index contributed by atoms with van der Waals surface area (Å²) in [5, 5.41) is 21.4. The molecule has 1 aliphatic rings. The molecule has 104 valence electrons. The van der Waals surface area contributed by atoms with Crippen LogP contribution in [0.5, 0.6) is 5.75 Å².